The van der Waals surface area contributed by atoms with Gasteiger partial charge >= 0.3 is 16.4 Å². The number of ether oxygens (including phenoxy) is 4. The fourth-order valence-corrected chi connectivity index (χ4v) is 7.47. The van der Waals surface area contributed by atoms with Crippen molar-refractivity contribution in [2.75, 3.05) is 26.4 Å². The van der Waals surface area contributed by atoms with E-state index in [4.69, 9.17) is 23.5 Å². The van der Waals surface area contributed by atoms with Crippen molar-refractivity contribution in [3.63, 3.8) is 0 Å². The molecule has 1 fully saturated rings. The molecule has 0 aromatic carbocycles. The third kappa shape index (κ3) is 29.1. The summed E-state index contributed by atoms with van der Waals surface area (Å²) in [6.07, 6.45) is 28.6. The Labute approximate surface area is 340 Å². The van der Waals surface area contributed by atoms with E-state index in [1.54, 1.807) is 0 Å². The molecule has 1 rings (SSSR count). The van der Waals surface area contributed by atoms with E-state index in [0.29, 0.717) is 13.0 Å². The molecule has 0 aliphatic carbocycles. The molecule has 1 aliphatic rings. The third-order valence-electron chi connectivity index (χ3n) is 10.4. The largest absolute Gasteiger partial charge is 0.457 e. The van der Waals surface area contributed by atoms with Gasteiger partial charge in [0.2, 0.25) is 0 Å². The molecule has 0 bridgehead atoms. The van der Waals surface area contributed by atoms with Gasteiger partial charge < -0.3 is 34.3 Å². The van der Waals surface area contributed by atoms with Gasteiger partial charge in [0, 0.05) is 13.0 Å². The predicted molar refractivity (Wildman–Crippen MR) is 221 cm³/mol. The highest BCUT2D eigenvalue weighted by Gasteiger charge is 2.48. The minimum Gasteiger partial charge on any atom is -0.457 e. The Hall–Kier alpha value is -1.16. The second-order valence-corrected chi connectivity index (χ2v) is 16.7. The molecular formula is C43H82O12S. The van der Waals surface area contributed by atoms with Gasteiger partial charge in [-0.1, -0.05) is 161 Å². The molecule has 4 N–H and O–H groups in total. The lowest BCUT2D eigenvalue weighted by Gasteiger charge is -2.41. The first-order chi connectivity index (χ1) is 27.1. The second kappa shape index (κ2) is 35.8. The van der Waals surface area contributed by atoms with Crippen LogP contribution in [-0.2, 0) is 38.3 Å². The first-order valence-electron chi connectivity index (χ1n) is 22.4. The van der Waals surface area contributed by atoms with Gasteiger partial charge in [0.05, 0.1) is 19.8 Å². The van der Waals surface area contributed by atoms with Crippen molar-refractivity contribution in [2.45, 2.75) is 230 Å². The molecule has 6 atom stereocenters. The van der Waals surface area contributed by atoms with Crippen LogP contribution in [0, 0.1) is 0 Å². The van der Waals surface area contributed by atoms with E-state index in [2.05, 4.69) is 30.2 Å². The van der Waals surface area contributed by atoms with Crippen molar-refractivity contribution in [1.29, 1.82) is 0 Å². The Morgan fingerprint density at radius 3 is 1.61 bits per heavy atom. The van der Waals surface area contributed by atoms with Crippen LogP contribution in [0.1, 0.15) is 194 Å². The number of esters is 1. The van der Waals surface area contributed by atoms with E-state index in [0.717, 1.165) is 38.5 Å². The van der Waals surface area contributed by atoms with E-state index in [-0.39, 0.29) is 19.6 Å². The topological polar surface area (TPSA) is 178 Å². The average molecular weight is 823 g/mol. The summed E-state index contributed by atoms with van der Waals surface area (Å²) in [6.45, 7) is 3.94. The normalized spacial score (nSPS) is 20.9. The number of carbonyl (C=O) groups excluding carboxylic acids is 1. The number of hydrogen-bond donors (Lipinski definition) is 4. The molecule has 56 heavy (non-hydrogen) atoms. The lowest BCUT2D eigenvalue weighted by atomic mass is 9.99. The Morgan fingerprint density at radius 2 is 1.12 bits per heavy atom. The van der Waals surface area contributed by atoms with Crippen molar-refractivity contribution in [2.24, 2.45) is 0 Å². The van der Waals surface area contributed by atoms with Gasteiger partial charge in [0.15, 0.2) is 6.29 Å². The van der Waals surface area contributed by atoms with Crippen molar-refractivity contribution in [1.82, 2.24) is 0 Å². The van der Waals surface area contributed by atoms with Crippen molar-refractivity contribution in [3.8, 4) is 0 Å². The van der Waals surface area contributed by atoms with E-state index in [1.807, 2.05) is 0 Å². The maximum absolute atomic E-state index is 12.8. The fourth-order valence-electron chi connectivity index (χ4n) is 6.96. The summed E-state index contributed by atoms with van der Waals surface area (Å²) in [5.41, 5.74) is 0. The number of aliphatic hydroxyl groups excluding tert-OH is 3. The van der Waals surface area contributed by atoms with Gasteiger partial charge in [-0.15, -0.1) is 0 Å². The van der Waals surface area contributed by atoms with Crippen LogP contribution in [0.15, 0.2) is 12.2 Å². The van der Waals surface area contributed by atoms with Gasteiger partial charge in [0.1, 0.15) is 30.5 Å². The molecular weight excluding hydrogens is 741 g/mol. The second-order valence-electron chi connectivity index (χ2n) is 15.6. The lowest BCUT2D eigenvalue weighted by molar-refractivity contribution is -0.301. The summed E-state index contributed by atoms with van der Waals surface area (Å²) in [7, 11) is -5.05. The van der Waals surface area contributed by atoms with Crippen molar-refractivity contribution < 1.29 is 56.2 Å². The maximum atomic E-state index is 12.8. The van der Waals surface area contributed by atoms with Crippen LogP contribution in [0.5, 0.6) is 0 Å². The van der Waals surface area contributed by atoms with Crippen LogP contribution < -0.4 is 0 Å². The van der Waals surface area contributed by atoms with Gasteiger partial charge in [-0.05, 0) is 38.5 Å². The molecule has 1 aliphatic heterocycles. The van der Waals surface area contributed by atoms with Crippen LogP contribution in [0.2, 0.25) is 0 Å². The lowest BCUT2D eigenvalue weighted by Crippen LogP contribution is -2.60. The zero-order valence-electron chi connectivity index (χ0n) is 35.2. The van der Waals surface area contributed by atoms with Gasteiger partial charge in [-0.25, -0.2) is 4.18 Å². The minimum absolute atomic E-state index is 0.0387. The molecule has 0 amide bonds. The molecule has 0 aromatic heterocycles. The highest BCUT2D eigenvalue weighted by Crippen LogP contribution is 2.26. The highest BCUT2D eigenvalue weighted by molar-refractivity contribution is 7.80. The smallest absolute Gasteiger partial charge is 0.397 e. The monoisotopic (exact) mass is 823 g/mol. The zero-order valence-corrected chi connectivity index (χ0v) is 36.0. The number of rotatable bonds is 39. The number of aliphatic hydroxyl groups is 3. The first kappa shape index (κ1) is 52.9. The van der Waals surface area contributed by atoms with E-state index >= 15 is 0 Å². The number of carbonyl (C=O) groups is 1. The first-order valence-corrected chi connectivity index (χ1v) is 23.8. The molecule has 13 heteroatoms. The van der Waals surface area contributed by atoms with E-state index in [9.17, 15) is 28.5 Å². The predicted octanol–water partition coefficient (Wildman–Crippen LogP) is 9.08. The molecule has 6 unspecified atom stereocenters. The zero-order chi connectivity index (χ0) is 41.1. The molecule has 1 saturated heterocycles. The maximum Gasteiger partial charge on any atom is 0.397 e. The van der Waals surface area contributed by atoms with Crippen LogP contribution in [0.25, 0.3) is 0 Å². The van der Waals surface area contributed by atoms with Gasteiger partial charge in [0.25, 0.3) is 0 Å². The average Bonchev–Trinajstić information content (AvgIpc) is 3.17. The molecule has 0 spiro atoms. The standard InChI is InChI=1S/C43H82O12S/c1-3-5-7-9-11-12-13-14-15-16-17-18-19-20-21-22-23-24-25-26-27-28-30-32-39(45)53-37(35-51-33-31-29-10-8-6-4-2)36-52-43-41(47)42(55-56(48,49)50)40(46)38(34-44)54-43/h16-17,37-38,40-44,46-47H,3-15,18-36H2,1-2H3,(H,48,49,50)/b17-16-. The number of hydrogen-bond acceptors (Lipinski definition) is 11. The molecule has 0 saturated carbocycles. The molecule has 12 nitrogen and oxygen atoms in total. The fraction of sp³-hybridized carbons (Fsp3) is 0.930. The summed E-state index contributed by atoms with van der Waals surface area (Å²) in [5.74, 6) is -0.401. The summed E-state index contributed by atoms with van der Waals surface area (Å²) in [5, 5.41) is 30.5. The van der Waals surface area contributed by atoms with Crippen LogP contribution in [-0.4, -0.2) is 97.5 Å². The quantitative estimate of drug-likeness (QED) is 0.0200. The third-order valence-corrected chi connectivity index (χ3v) is 10.9. The summed E-state index contributed by atoms with van der Waals surface area (Å²) >= 11 is 0. The Kier molecular flexibility index (Phi) is 33.7. The molecule has 0 aromatic rings. The molecule has 0 radical (unpaired) electrons. The van der Waals surface area contributed by atoms with Crippen LogP contribution in [0.4, 0.5) is 0 Å². The Balaban J connectivity index is 2.27. The minimum atomic E-state index is -5.05. The summed E-state index contributed by atoms with van der Waals surface area (Å²) in [4.78, 5) is 12.8. The molecule has 332 valence electrons. The van der Waals surface area contributed by atoms with Gasteiger partial charge in [-0.3, -0.25) is 9.35 Å². The highest BCUT2D eigenvalue weighted by atomic mass is 32.3. The summed E-state index contributed by atoms with van der Waals surface area (Å²) < 4.78 is 58.7. The Bertz CT molecular complexity index is 1040. The number of unbranched alkanes of at least 4 members (excludes halogenated alkanes) is 24. The van der Waals surface area contributed by atoms with Crippen molar-refractivity contribution in [3.05, 3.63) is 12.2 Å². The molecule has 1 heterocycles. The summed E-state index contributed by atoms with van der Waals surface area (Å²) in [6, 6.07) is 0. The van der Waals surface area contributed by atoms with E-state index < -0.39 is 59.8 Å². The van der Waals surface area contributed by atoms with Crippen molar-refractivity contribution >= 4 is 16.4 Å². The van der Waals surface area contributed by atoms with Crippen LogP contribution in [0.3, 0.4) is 0 Å². The number of allylic oxidation sites excluding steroid dienone is 2. The SMILES string of the molecule is CCCCCCCCCC/C=C\CCCCCCCCCCCCCC(=O)OC(COCCCCCCCC)COC1OC(CO)C(O)C(OS(=O)(=O)O)C1O. The van der Waals surface area contributed by atoms with Crippen LogP contribution >= 0.6 is 0 Å². The van der Waals surface area contributed by atoms with Gasteiger partial charge in [-0.2, -0.15) is 8.42 Å². The van der Waals surface area contributed by atoms with E-state index in [1.165, 1.54) is 128 Å². The Morgan fingerprint density at radius 1 is 0.661 bits per heavy atom.